The normalized spacial score (nSPS) is 16.5. The van der Waals surface area contributed by atoms with Crippen molar-refractivity contribution in [2.75, 3.05) is 44.0 Å². The Hall–Kier alpha value is -1.42. The average molecular weight is 208 g/mol. The minimum Gasteiger partial charge on any atom is -0.495 e. The Labute approximate surface area is 89.6 Å². The molecule has 1 saturated heterocycles. The highest BCUT2D eigenvalue weighted by atomic mass is 16.5. The summed E-state index contributed by atoms with van der Waals surface area (Å²) in [5.74, 6) is 0.867. The third kappa shape index (κ3) is 2.15. The maximum Gasteiger partial charge on any atom is 0.142 e. The molecule has 0 radical (unpaired) electrons. The minimum atomic E-state index is 0.761. The van der Waals surface area contributed by atoms with Crippen molar-refractivity contribution in [3.63, 3.8) is 0 Å². The van der Waals surface area contributed by atoms with Crippen LogP contribution < -0.4 is 15.4 Å². The molecule has 1 heterocycles. The van der Waals surface area contributed by atoms with Crippen LogP contribution >= 0.6 is 0 Å². The molecule has 1 aliphatic heterocycles. The van der Waals surface area contributed by atoms with E-state index in [1.165, 1.54) is 0 Å². The third-order valence-electron chi connectivity index (χ3n) is 2.55. The van der Waals surface area contributed by atoms with Gasteiger partial charge in [-0.05, 0) is 18.2 Å². The number of anilines is 2. The molecule has 0 aliphatic carbocycles. The van der Waals surface area contributed by atoms with Crippen molar-refractivity contribution < 1.29 is 9.47 Å². The predicted molar refractivity (Wildman–Crippen MR) is 60.4 cm³/mol. The van der Waals surface area contributed by atoms with E-state index in [1.807, 2.05) is 18.2 Å². The Morgan fingerprint density at radius 3 is 2.73 bits per heavy atom. The number of hydrogen-bond acceptors (Lipinski definition) is 4. The van der Waals surface area contributed by atoms with E-state index < -0.39 is 0 Å². The summed E-state index contributed by atoms with van der Waals surface area (Å²) in [7, 11) is 1.68. The summed E-state index contributed by atoms with van der Waals surface area (Å²) in [6.45, 7) is 3.30. The van der Waals surface area contributed by atoms with Crippen molar-refractivity contribution >= 4 is 11.4 Å². The summed E-state index contributed by atoms with van der Waals surface area (Å²) >= 11 is 0. The Balaban J connectivity index is 2.27. The molecule has 2 N–H and O–H groups in total. The fraction of sp³-hybridized carbons (Fsp3) is 0.455. The highest BCUT2D eigenvalue weighted by Gasteiger charge is 2.15. The van der Waals surface area contributed by atoms with Crippen molar-refractivity contribution in [2.45, 2.75) is 0 Å². The predicted octanol–water partition coefficient (Wildman–Crippen LogP) is 1.11. The topological polar surface area (TPSA) is 47.7 Å². The Morgan fingerprint density at radius 2 is 2.07 bits per heavy atom. The van der Waals surface area contributed by atoms with Crippen LogP contribution in [0.2, 0.25) is 0 Å². The minimum absolute atomic E-state index is 0.761. The molecule has 1 aromatic rings. The van der Waals surface area contributed by atoms with E-state index in [4.69, 9.17) is 15.2 Å². The first-order valence-electron chi connectivity index (χ1n) is 5.07. The van der Waals surface area contributed by atoms with E-state index in [0.29, 0.717) is 0 Å². The molecule has 4 heteroatoms. The number of hydrogen-bond donors (Lipinski definition) is 1. The molecule has 0 aromatic heterocycles. The van der Waals surface area contributed by atoms with Gasteiger partial charge in [-0.15, -0.1) is 0 Å². The van der Waals surface area contributed by atoms with Crippen molar-refractivity contribution in [3.8, 4) is 5.75 Å². The molecule has 0 bridgehead atoms. The molecule has 0 atom stereocenters. The van der Waals surface area contributed by atoms with Crippen molar-refractivity contribution in [1.29, 1.82) is 0 Å². The number of nitrogen functional groups attached to an aromatic ring is 1. The summed E-state index contributed by atoms with van der Waals surface area (Å²) in [5, 5.41) is 0. The van der Waals surface area contributed by atoms with Gasteiger partial charge < -0.3 is 20.1 Å². The lowest BCUT2D eigenvalue weighted by atomic mass is 10.2. The highest BCUT2D eigenvalue weighted by molar-refractivity contribution is 5.65. The average Bonchev–Trinajstić information content (AvgIpc) is 2.30. The number of nitrogens with zero attached hydrogens (tertiary/aromatic N) is 1. The van der Waals surface area contributed by atoms with Crippen LogP contribution in [0.3, 0.4) is 0 Å². The van der Waals surface area contributed by atoms with Gasteiger partial charge in [-0.3, -0.25) is 0 Å². The van der Waals surface area contributed by atoms with Gasteiger partial charge in [0.2, 0.25) is 0 Å². The van der Waals surface area contributed by atoms with Crippen LogP contribution in [-0.4, -0.2) is 33.4 Å². The van der Waals surface area contributed by atoms with E-state index in [1.54, 1.807) is 7.11 Å². The smallest absolute Gasteiger partial charge is 0.142 e. The lowest BCUT2D eigenvalue weighted by Crippen LogP contribution is -2.36. The fourth-order valence-electron chi connectivity index (χ4n) is 1.76. The molecule has 4 nitrogen and oxygen atoms in total. The van der Waals surface area contributed by atoms with Crippen molar-refractivity contribution in [2.24, 2.45) is 0 Å². The fourth-order valence-corrected chi connectivity index (χ4v) is 1.76. The van der Waals surface area contributed by atoms with E-state index in [9.17, 15) is 0 Å². The second-order valence-corrected chi connectivity index (χ2v) is 3.53. The molecule has 0 spiro atoms. The summed E-state index contributed by atoms with van der Waals surface area (Å²) < 4.78 is 10.6. The molecule has 1 aromatic carbocycles. The van der Waals surface area contributed by atoms with Gasteiger partial charge in [0.1, 0.15) is 5.75 Å². The van der Waals surface area contributed by atoms with Crippen LogP contribution in [0.5, 0.6) is 5.75 Å². The number of morpholine rings is 1. The lowest BCUT2D eigenvalue weighted by Gasteiger charge is -2.30. The molecular weight excluding hydrogens is 192 g/mol. The molecule has 1 aliphatic rings. The van der Waals surface area contributed by atoms with Crippen LogP contribution in [0.1, 0.15) is 0 Å². The molecule has 0 unspecified atom stereocenters. The Bertz CT molecular complexity index is 335. The van der Waals surface area contributed by atoms with E-state index in [-0.39, 0.29) is 0 Å². The van der Waals surface area contributed by atoms with Gasteiger partial charge in [0.15, 0.2) is 0 Å². The summed E-state index contributed by atoms with van der Waals surface area (Å²) in [6.07, 6.45) is 0. The van der Waals surface area contributed by atoms with Crippen molar-refractivity contribution in [1.82, 2.24) is 0 Å². The second-order valence-electron chi connectivity index (χ2n) is 3.53. The monoisotopic (exact) mass is 208 g/mol. The Kier molecular flexibility index (Phi) is 2.97. The molecule has 0 saturated carbocycles. The van der Waals surface area contributed by atoms with Crippen molar-refractivity contribution in [3.05, 3.63) is 18.2 Å². The van der Waals surface area contributed by atoms with E-state index >= 15 is 0 Å². The lowest BCUT2D eigenvalue weighted by molar-refractivity contribution is 0.122. The van der Waals surface area contributed by atoms with Crippen LogP contribution in [0.15, 0.2) is 18.2 Å². The van der Waals surface area contributed by atoms with Crippen LogP contribution in [0.4, 0.5) is 11.4 Å². The van der Waals surface area contributed by atoms with Gasteiger partial charge in [0.05, 0.1) is 26.0 Å². The van der Waals surface area contributed by atoms with Gasteiger partial charge in [0, 0.05) is 18.8 Å². The van der Waals surface area contributed by atoms with Gasteiger partial charge in [-0.1, -0.05) is 0 Å². The number of methoxy groups -OCH3 is 1. The molecule has 15 heavy (non-hydrogen) atoms. The number of rotatable bonds is 2. The zero-order valence-electron chi connectivity index (χ0n) is 8.90. The summed E-state index contributed by atoms with van der Waals surface area (Å²) in [4.78, 5) is 2.23. The zero-order chi connectivity index (χ0) is 10.7. The van der Waals surface area contributed by atoms with Gasteiger partial charge >= 0.3 is 0 Å². The van der Waals surface area contributed by atoms with Crippen LogP contribution in [-0.2, 0) is 4.74 Å². The summed E-state index contributed by atoms with van der Waals surface area (Å²) in [5.41, 5.74) is 7.59. The van der Waals surface area contributed by atoms with Gasteiger partial charge in [-0.25, -0.2) is 0 Å². The number of benzene rings is 1. The standard InChI is InChI=1S/C11H16N2O2/c1-14-11-3-2-9(12)8-10(11)13-4-6-15-7-5-13/h2-3,8H,4-7,12H2,1H3. The van der Waals surface area contributed by atoms with E-state index in [2.05, 4.69) is 4.90 Å². The van der Waals surface area contributed by atoms with E-state index in [0.717, 1.165) is 43.4 Å². The Morgan fingerprint density at radius 1 is 1.33 bits per heavy atom. The maximum atomic E-state index is 5.78. The SMILES string of the molecule is COc1ccc(N)cc1N1CCOCC1. The van der Waals surface area contributed by atoms with Crippen LogP contribution in [0.25, 0.3) is 0 Å². The largest absolute Gasteiger partial charge is 0.495 e. The molecule has 82 valence electrons. The third-order valence-corrected chi connectivity index (χ3v) is 2.55. The quantitative estimate of drug-likeness (QED) is 0.740. The first-order chi connectivity index (χ1) is 7.31. The zero-order valence-corrected chi connectivity index (χ0v) is 8.90. The van der Waals surface area contributed by atoms with Gasteiger partial charge in [0.25, 0.3) is 0 Å². The first-order valence-corrected chi connectivity index (χ1v) is 5.07. The molecular formula is C11H16N2O2. The van der Waals surface area contributed by atoms with Gasteiger partial charge in [-0.2, -0.15) is 0 Å². The summed E-state index contributed by atoms with van der Waals surface area (Å²) in [6, 6.07) is 5.70. The molecule has 0 amide bonds. The number of nitrogens with two attached hydrogens (primary N) is 1. The first kappa shape index (κ1) is 10.1. The molecule has 2 rings (SSSR count). The number of ether oxygens (including phenoxy) is 2. The highest BCUT2D eigenvalue weighted by Crippen LogP contribution is 2.30. The maximum absolute atomic E-state index is 5.78. The van der Waals surface area contributed by atoms with Crippen LogP contribution in [0, 0.1) is 0 Å². The molecule has 1 fully saturated rings. The second kappa shape index (κ2) is 4.40.